The van der Waals surface area contributed by atoms with Crippen molar-refractivity contribution in [2.24, 2.45) is 4.99 Å². The van der Waals surface area contributed by atoms with Crippen LogP contribution < -0.4 is 15.4 Å². The first-order chi connectivity index (χ1) is 12.7. The maximum Gasteiger partial charge on any atom is 0.341 e. The summed E-state index contributed by atoms with van der Waals surface area (Å²) in [6, 6.07) is 11.1. The third-order valence-corrected chi connectivity index (χ3v) is 3.60. The Morgan fingerprint density at radius 2 is 2.00 bits per heavy atom. The highest BCUT2D eigenvalue weighted by Crippen LogP contribution is 2.21. The number of aromatic nitrogens is 1. The molecule has 1 aromatic carbocycles. The summed E-state index contributed by atoms with van der Waals surface area (Å²) >= 11 is 0. The fraction of sp³-hybridized carbons (Fsp3) is 0.316. The van der Waals surface area contributed by atoms with Crippen LogP contribution >= 0.6 is 24.0 Å². The van der Waals surface area contributed by atoms with Crippen LogP contribution in [0.5, 0.6) is 5.75 Å². The number of methoxy groups -OCH3 is 2. The molecule has 1 heterocycles. The summed E-state index contributed by atoms with van der Waals surface area (Å²) in [5, 5.41) is 6.43. The third-order valence-electron chi connectivity index (χ3n) is 3.60. The number of aliphatic imine (C=N–C) groups is 1. The highest BCUT2D eigenvalue weighted by molar-refractivity contribution is 14.0. The molecule has 0 saturated carbocycles. The van der Waals surface area contributed by atoms with Crippen molar-refractivity contribution in [3.05, 3.63) is 59.4 Å². The first-order valence-corrected chi connectivity index (χ1v) is 8.35. The van der Waals surface area contributed by atoms with Crippen LogP contribution in [0.25, 0.3) is 0 Å². The summed E-state index contributed by atoms with van der Waals surface area (Å²) in [6.45, 7) is 3.72. The van der Waals surface area contributed by atoms with Gasteiger partial charge in [0.2, 0.25) is 0 Å². The molecule has 0 spiro atoms. The number of rotatable bonds is 7. The largest absolute Gasteiger partial charge is 0.496 e. The number of pyridine rings is 1. The fourth-order valence-electron chi connectivity index (χ4n) is 2.31. The van der Waals surface area contributed by atoms with E-state index in [4.69, 9.17) is 9.47 Å². The number of nitrogens with zero attached hydrogens (tertiary/aromatic N) is 2. The number of ether oxygens (including phenoxy) is 2. The van der Waals surface area contributed by atoms with Gasteiger partial charge in [0, 0.05) is 12.7 Å². The lowest BCUT2D eigenvalue weighted by atomic mass is 10.1. The topological polar surface area (TPSA) is 84.8 Å². The van der Waals surface area contributed by atoms with Crippen molar-refractivity contribution in [2.75, 3.05) is 20.8 Å². The number of carbonyl (C=O) groups excluding carboxylic acids is 1. The lowest BCUT2D eigenvalue weighted by Gasteiger charge is -2.12. The van der Waals surface area contributed by atoms with E-state index < -0.39 is 5.97 Å². The molecule has 1 aromatic heterocycles. The Kier molecular flexibility index (Phi) is 10.2. The average Bonchev–Trinajstić information content (AvgIpc) is 2.70. The van der Waals surface area contributed by atoms with Gasteiger partial charge in [-0.15, -0.1) is 24.0 Å². The van der Waals surface area contributed by atoms with E-state index in [0.717, 1.165) is 17.8 Å². The molecule has 0 atom stereocenters. The van der Waals surface area contributed by atoms with Crippen molar-refractivity contribution in [1.82, 2.24) is 15.6 Å². The Bertz CT molecular complexity index is 754. The molecule has 0 aliphatic carbocycles. The summed E-state index contributed by atoms with van der Waals surface area (Å²) in [4.78, 5) is 20.7. The molecule has 0 saturated heterocycles. The van der Waals surface area contributed by atoms with Crippen molar-refractivity contribution in [2.45, 2.75) is 20.0 Å². The number of guanidine groups is 1. The minimum atomic E-state index is -0.437. The molecular formula is C19H25IN4O3. The number of hydrogen-bond donors (Lipinski definition) is 2. The van der Waals surface area contributed by atoms with Crippen molar-refractivity contribution in [3.63, 3.8) is 0 Å². The number of carbonyl (C=O) groups is 1. The van der Waals surface area contributed by atoms with E-state index >= 15 is 0 Å². The van der Waals surface area contributed by atoms with Gasteiger partial charge in [-0.1, -0.05) is 12.1 Å². The van der Waals surface area contributed by atoms with Crippen LogP contribution in [-0.2, 0) is 17.8 Å². The second-order valence-corrected chi connectivity index (χ2v) is 5.40. The van der Waals surface area contributed by atoms with Crippen LogP contribution in [0.15, 0.2) is 47.6 Å². The third kappa shape index (κ3) is 7.05. The van der Waals surface area contributed by atoms with E-state index in [2.05, 4.69) is 20.6 Å². The van der Waals surface area contributed by atoms with Gasteiger partial charge >= 0.3 is 5.97 Å². The first-order valence-electron chi connectivity index (χ1n) is 8.35. The molecule has 2 rings (SSSR count). The molecular weight excluding hydrogens is 459 g/mol. The molecule has 0 unspecified atom stereocenters. The standard InChI is InChI=1S/C19H24N4O3.HI/c1-4-20-19(23-13-15-7-5-6-10-21-15)22-12-14-8-9-17(25-2)16(11-14)18(24)26-3;/h5-11H,4,12-13H2,1-3H3,(H2,20,22,23);1H. The zero-order valence-electron chi connectivity index (χ0n) is 15.7. The Balaban J connectivity index is 0.00000364. The van der Waals surface area contributed by atoms with Crippen molar-refractivity contribution >= 4 is 35.9 Å². The van der Waals surface area contributed by atoms with Gasteiger partial charge in [-0.25, -0.2) is 9.79 Å². The van der Waals surface area contributed by atoms with E-state index in [0.29, 0.717) is 30.4 Å². The highest BCUT2D eigenvalue weighted by Gasteiger charge is 2.13. The molecule has 0 amide bonds. The van der Waals surface area contributed by atoms with E-state index in [1.54, 1.807) is 18.3 Å². The van der Waals surface area contributed by atoms with Crippen LogP contribution in [0, 0.1) is 0 Å². The summed E-state index contributed by atoms with van der Waals surface area (Å²) in [5.74, 6) is 0.714. The number of nitrogens with one attached hydrogen (secondary N) is 2. The van der Waals surface area contributed by atoms with Crippen LogP contribution in [0.2, 0.25) is 0 Å². The monoisotopic (exact) mass is 484 g/mol. The lowest BCUT2D eigenvalue weighted by Crippen LogP contribution is -2.37. The van der Waals surface area contributed by atoms with Crippen molar-refractivity contribution in [1.29, 1.82) is 0 Å². The van der Waals surface area contributed by atoms with Gasteiger partial charge in [0.05, 0.1) is 33.0 Å². The molecule has 0 aliphatic rings. The normalized spacial score (nSPS) is 10.6. The predicted octanol–water partition coefficient (Wildman–Crippen LogP) is 2.75. The molecule has 0 fully saturated rings. The van der Waals surface area contributed by atoms with E-state index in [-0.39, 0.29) is 24.0 Å². The Morgan fingerprint density at radius 1 is 1.19 bits per heavy atom. The Morgan fingerprint density at radius 3 is 2.63 bits per heavy atom. The molecule has 0 bridgehead atoms. The molecule has 2 aromatic rings. The van der Waals surface area contributed by atoms with Crippen LogP contribution in [0.1, 0.15) is 28.5 Å². The molecule has 0 aliphatic heterocycles. The van der Waals surface area contributed by atoms with Crippen molar-refractivity contribution < 1.29 is 14.3 Å². The maximum atomic E-state index is 11.9. The zero-order chi connectivity index (χ0) is 18.8. The van der Waals surface area contributed by atoms with Gasteiger partial charge in [0.15, 0.2) is 5.96 Å². The van der Waals surface area contributed by atoms with Gasteiger partial charge in [-0.3, -0.25) is 4.98 Å². The molecule has 27 heavy (non-hydrogen) atoms. The zero-order valence-corrected chi connectivity index (χ0v) is 18.0. The SMILES string of the molecule is CCNC(=NCc1ccc(OC)c(C(=O)OC)c1)NCc1ccccn1.I. The number of benzene rings is 1. The maximum absolute atomic E-state index is 11.9. The first kappa shape index (κ1) is 22.7. The van der Waals surface area contributed by atoms with Crippen LogP contribution in [-0.4, -0.2) is 37.7 Å². The number of hydrogen-bond acceptors (Lipinski definition) is 5. The summed E-state index contributed by atoms with van der Waals surface area (Å²) in [5.41, 5.74) is 2.19. The van der Waals surface area contributed by atoms with E-state index in [1.807, 2.05) is 31.2 Å². The van der Waals surface area contributed by atoms with Gasteiger partial charge in [0.25, 0.3) is 0 Å². The van der Waals surface area contributed by atoms with Gasteiger partial charge < -0.3 is 20.1 Å². The van der Waals surface area contributed by atoms with Gasteiger partial charge in [-0.2, -0.15) is 0 Å². The highest BCUT2D eigenvalue weighted by atomic mass is 127. The van der Waals surface area contributed by atoms with Crippen LogP contribution in [0.4, 0.5) is 0 Å². The quantitative estimate of drug-likeness (QED) is 0.272. The molecule has 8 heteroatoms. The average molecular weight is 484 g/mol. The van der Waals surface area contributed by atoms with Gasteiger partial charge in [-0.05, 0) is 36.8 Å². The second-order valence-electron chi connectivity index (χ2n) is 5.40. The molecule has 146 valence electrons. The minimum Gasteiger partial charge on any atom is -0.496 e. The summed E-state index contributed by atoms with van der Waals surface area (Å²) in [6.07, 6.45) is 1.76. The smallest absolute Gasteiger partial charge is 0.341 e. The summed E-state index contributed by atoms with van der Waals surface area (Å²) < 4.78 is 10.0. The molecule has 0 radical (unpaired) electrons. The van der Waals surface area contributed by atoms with Gasteiger partial charge in [0.1, 0.15) is 11.3 Å². The minimum absolute atomic E-state index is 0. The van der Waals surface area contributed by atoms with Crippen LogP contribution in [0.3, 0.4) is 0 Å². The molecule has 7 nitrogen and oxygen atoms in total. The van der Waals surface area contributed by atoms with E-state index in [1.165, 1.54) is 14.2 Å². The number of halogens is 1. The lowest BCUT2D eigenvalue weighted by molar-refractivity contribution is 0.0597. The van der Waals surface area contributed by atoms with E-state index in [9.17, 15) is 4.79 Å². The Hall–Kier alpha value is -2.36. The predicted molar refractivity (Wildman–Crippen MR) is 116 cm³/mol. The number of esters is 1. The van der Waals surface area contributed by atoms with Crippen molar-refractivity contribution in [3.8, 4) is 5.75 Å². The fourth-order valence-corrected chi connectivity index (χ4v) is 2.31. The molecule has 2 N–H and O–H groups in total. The second kappa shape index (κ2) is 12.1. The summed E-state index contributed by atoms with van der Waals surface area (Å²) in [7, 11) is 2.86. The Labute approximate surface area is 176 Å².